The Labute approximate surface area is 95.8 Å². The van der Waals surface area contributed by atoms with E-state index in [1.165, 1.54) is 0 Å². The lowest BCUT2D eigenvalue weighted by Gasteiger charge is -2.17. The predicted molar refractivity (Wildman–Crippen MR) is 59.5 cm³/mol. The third-order valence-electron chi connectivity index (χ3n) is 2.31. The van der Waals surface area contributed by atoms with Crippen LogP contribution in [0.5, 0.6) is 0 Å². The van der Waals surface area contributed by atoms with Gasteiger partial charge in [-0.25, -0.2) is 0 Å². The van der Waals surface area contributed by atoms with Gasteiger partial charge in [-0.15, -0.1) is 0 Å². The second-order valence-electron chi connectivity index (χ2n) is 4.12. The quantitative estimate of drug-likeness (QED) is 0.745. The fraction of sp³-hybridized carbons (Fsp3) is 0.727. The van der Waals surface area contributed by atoms with Gasteiger partial charge in [-0.3, -0.25) is 0 Å². The number of nitrogens with zero attached hydrogens (tertiary/aromatic N) is 3. The summed E-state index contributed by atoms with van der Waals surface area (Å²) in [6.07, 6.45) is 1.41. The molecule has 1 unspecified atom stereocenters. The van der Waals surface area contributed by atoms with Gasteiger partial charge < -0.3 is 9.84 Å². The van der Waals surface area contributed by atoms with Crippen molar-refractivity contribution in [1.82, 2.24) is 15.5 Å². The minimum Gasteiger partial charge on any atom is -0.338 e. The maximum atomic E-state index is 8.44. The van der Waals surface area contributed by atoms with Crippen molar-refractivity contribution in [3.05, 3.63) is 11.7 Å². The maximum Gasteiger partial charge on any atom is 0.244 e. The predicted octanol–water partition coefficient (Wildman–Crippen LogP) is 1.97. The molecule has 1 aromatic rings. The van der Waals surface area contributed by atoms with Crippen LogP contribution < -0.4 is 5.32 Å². The first-order valence-electron chi connectivity index (χ1n) is 5.55. The summed E-state index contributed by atoms with van der Waals surface area (Å²) in [7, 11) is 0. The highest BCUT2D eigenvalue weighted by Crippen LogP contribution is 2.19. The molecule has 16 heavy (non-hydrogen) atoms. The number of hydrogen-bond donors (Lipinski definition) is 1. The van der Waals surface area contributed by atoms with Gasteiger partial charge in [-0.05, 0) is 25.8 Å². The Bertz CT molecular complexity index is 353. The first-order valence-corrected chi connectivity index (χ1v) is 5.55. The molecule has 1 aromatic heterocycles. The molecular formula is C11H18N4O. The van der Waals surface area contributed by atoms with E-state index in [1.54, 1.807) is 6.92 Å². The van der Waals surface area contributed by atoms with E-state index < -0.39 is 0 Å². The van der Waals surface area contributed by atoms with Crippen molar-refractivity contribution in [3.63, 3.8) is 0 Å². The molecule has 1 N–H and O–H groups in total. The largest absolute Gasteiger partial charge is 0.338 e. The van der Waals surface area contributed by atoms with Crippen molar-refractivity contribution in [1.29, 1.82) is 5.26 Å². The molecule has 0 spiro atoms. The Hall–Kier alpha value is -1.41. The molecule has 0 aliphatic heterocycles. The molecule has 1 heterocycles. The van der Waals surface area contributed by atoms with Gasteiger partial charge in [0.05, 0.1) is 12.1 Å². The number of unbranched alkanes of at least 4 members (excludes halogenated alkanes) is 1. The third kappa shape index (κ3) is 3.63. The highest BCUT2D eigenvalue weighted by molar-refractivity contribution is 4.93. The molecule has 0 radical (unpaired) electrons. The van der Waals surface area contributed by atoms with Gasteiger partial charge in [0, 0.05) is 6.42 Å². The molecule has 0 amide bonds. The molecule has 1 atom stereocenters. The summed E-state index contributed by atoms with van der Waals surface area (Å²) < 4.78 is 5.16. The van der Waals surface area contributed by atoms with Crippen LogP contribution in [0.2, 0.25) is 0 Å². The second-order valence-corrected chi connectivity index (χ2v) is 4.12. The molecule has 0 aliphatic carbocycles. The van der Waals surface area contributed by atoms with E-state index in [0.717, 1.165) is 13.0 Å². The van der Waals surface area contributed by atoms with Crippen LogP contribution in [-0.4, -0.2) is 16.7 Å². The van der Waals surface area contributed by atoms with Crippen LogP contribution in [0.3, 0.4) is 0 Å². The molecule has 0 aromatic carbocycles. The van der Waals surface area contributed by atoms with Gasteiger partial charge in [-0.1, -0.05) is 19.0 Å². The lowest BCUT2D eigenvalue weighted by molar-refractivity contribution is 0.288. The van der Waals surface area contributed by atoms with Crippen LogP contribution in [0, 0.1) is 24.2 Å². The molecule has 5 heteroatoms. The topological polar surface area (TPSA) is 74.7 Å². The molecular weight excluding hydrogens is 204 g/mol. The van der Waals surface area contributed by atoms with E-state index in [9.17, 15) is 0 Å². The van der Waals surface area contributed by atoms with E-state index >= 15 is 0 Å². The van der Waals surface area contributed by atoms with Crippen molar-refractivity contribution < 1.29 is 4.52 Å². The van der Waals surface area contributed by atoms with Crippen molar-refractivity contribution in [3.8, 4) is 6.07 Å². The van der Waals surface area contributed by atoms with Crippen molar-refractivity contribution >= 4 is 0 Å². The summed E-state index contributed by atoms with van der Waals surface area (Å²) in [4.78, 5) is 4.23. The molecule has 0 saturated heterocycles. The fourth-order valence-electron chi connectivity index (χ4n) is 1.47. The van der Waals surface area contributed by atoms with Crippen molar-refractivity contribution in [2.75, 3.05) is 6.54 Å². The van der Waals surface area contributed by atoms with E-state index in [-0.39, 0.29) is 6.04 Å². The lowest BCUT2D eigenvalue weighted by atomic mass is 10.0. The van der Waals surface area contributed by atoms with Crippen molar-refractivity contribution in [2.45, 2.75) is 39.7 Å². The molecule has 0 fully saturated rings. The van der Waals surface area contributed by atoms with Gasteiger partial charge in [0.1, 0.15) is 0 Å². The summed E-state index contributed by atoms with van der Waals surface area (Å²) in [6.45, 7) is 6.79. The fourth-order valence-corrected chi connectivity index (χ4v) is 1.47. The maximum absolute atomic E-state index is 8.44. The van der Waals surface area contributed by atoms with E-state index in [2.05, 4.69) is 35.4 Å². The number of aromatic nitrogens is 2. The Balaban J connectivity index is 2.52. The third-order valence-corrected chi connectivity index (χ3v) is 2.31. The summed E-state index contributed by atoms with van der Waals surface area (Å²) in [5.74, 6) is 1.66. The normalized spacial score (nSPS) is 12.7. The minimum absolute atomic E-state index is 0.0693. The molecule has 0 bridgehead atoms. The standard InChI is InChI=1S/C11H18N4O/c1-8(2)10(13-7-5-4-6-12)11-14-9(3)15-16-11/h8,10,13H,4-5,7H2,1-3H3. The summed E-state index contributed by atoms with van der Waals surface area (Å²) >= 11 is 0. The Kier molecular flexibility index (Phi) is 4.93. The monoisotopic (exact) mass is 222 g/mol. The number of aryl methyl sites for hydroxylation is 1. The van der Waals surface area contributed by atoms with Gasteiger partial charge in [-0.2, -0.15) is 10.2 Å². The van der Waals surface area contributed by atoms with Crippen LogP contribution in [0.25, 0.3) is 0 Å². The van der Waals surface area contributed by atoms with Gasteiger partial charge in [0.15, 0.2) is 5.82 Å². The second kappa shape index (κ2) is 6.23. The highest BCUT2D eigenvalue weighted by atomic mass is 16.5. The lowest BCUT2D eigenvalue weighted by Crippen LogP contribution is -2.27. The van der Waals surface area contributed by atoms with Crippen LogP contribution in [0.4, 0.5) is 0 Å². The number of rotatable bonds is 6. The number of nitrogens with one attached hydrogen (secondary N) is 1. The molecule has 1 rings (SSSR count). The van der Waals surface area contributed by atoms with Gasteiger partial charge in [0.25, 0.3) is 0 Å². The summed E-state index contributed by atoms with van der Waals surface area (Å²) in [5.41, 5.74) is 0. The van der Waals surface area contributed by atoms with Crippen molar-refractivity contribution in [2.24, 2.45) is 5.92 Å². The van der Waals surface area contributed by atoms with Crippen LogP contribution in [0.15, 0.2) is 4.52 Å². The van der Waals surface area contributed by atoms with Gasteiger partial charge in [0.2, 0.25) is 5.89 Å². The average molecular weight is 222 g/mol. The minimum atomic E-state index is 0.0693. The first-order chi connectivity index (χ1) is 7.65. The smallest absolute Gasteiger partial charge is 0.244 e. The number of nitriles is 1. The first kappa shape index (κ1) is 12.7. The van der Waals surface area contributed by atoms with Crippen LogP contribution in [-0.2, 0) is 0 Å². The zero-order valence-corrected chi connectivity index (χ0v) is 10.0. The molecule has 88 valence electrons. The zero-order chi connectivity index (χ0) is 12.0. The molecule has 0 aliphatic rings. The summed E-state index contributed by atoms with van der Waals surface area (Å²) in [5, 5.41) is 15.6. The SMILES string of the molecule is Cc1noc(C(NCCCC#N)C(C)C)n1. The molecule has 0 saturated carbocycles. The Morgan fingerprint density at radius 2 is 2.25 bits per heavy atom. The van der Waals surface area contributed by atoms with Crippen LogP contribution in [0.1, 0.15) is 44.4 Å². The van der Waals surface area contributed by atoms with E-state index in [0.29, 0.717) is 24.1 Å². The highest BCUT2D eigenvalue weighted by Gasteiger charge is 2.20. The average Bonchev–Trinajstić information content (AvgIpc) is 2.64. The zero-order valence-electron chi connectivity index (χ0n) is 10.0. The molecule has 5 nitrogen and oxygen atoms in total. The van der Waals surface area contributed by atoms with E-state index in [1.807, 2.05) is 0 Å². The Morgan fingerprint density at radius 1 is 1.50 bits per heavy atom. The Morgan fingerprint density at radius 3 is 2.75 bits per heavy atom. The van der Waals surface area contributed by atoms with Crippen LogP contribution >= 0.6 is 0 Å². The summed E-state index contributed by atoms with van der Waals surface area (Å²) in [6, 6.07) is 2.19. The van der Waals surface area contributed by atoms with Gasteiger partial charge >= 0.3 is 0 Å². The van der Waals surface area contributed by atoms with E-state index in [4.69, 9.17) is 9.78 Å². The number of hydrogen-bond acceptors (Lipinski definition) is 5.